The van der Waals surface area contributed by atoms with Crippen LogP contribution in [0.3, 0.4) is 0 Å². The van der Waals surface area contributed by atoms with Gasteiger partial charge in [-0.1, -0.05) is 27.7 Å². The minimum Gasteiger partial charge on any atom is -0.479 e. The predicted molar refractivity (Wildman–Crippen MR) is 117 cm³/mol. The van der Waals surface area contributed by atoms with E-state index in [1.54, 1.807) is 18.3 Å². The van der Waals surface area contributed by atoms with Crippen LogP contribution in [0.4, 0.5) is 5.69 Å². The molecule has 2 aromatic heterocycles. The number of nitro groups is 1. The van der Waals surface area contributed by atoms with Gasteiger partial charge in [-0.2, -0.15) is 0 Å². The van der Waals surface area contributed by atoms with Crippen molar-refractivity contribution in [3.63, 3.8) is 0 Å². The van der Waals surface area contributed by atoms with E-state index in [1.165, 1.54) is 11.8 Å². The maximum absolute atomic E-state index is 11.7. The van der Waals surface area contributed by atoms with Crippen molar-refractivity contribution in [2.45, 2.75) is 58.7 Å². The number of rotatable bonds is 10. The monoisotopic (exact) mass is 436 g/mol. The van der Waals surface area contributed by atoms with Gasteiger partial charge in [0.05, 0.1) is 18.6 Å². The molecule has 166 valence electrons. The maximum atomic E-state index is 11.7. The van der Waals surface area contributed by atoms with Crippen LogP contribution < -0.4 is 9.47 Å². The molecule has 0 saturated carbocycles. The highest BCUT2D eigenvalue weighted by Crippen LogP contribution is 2.37. The van der Waals surface area contributed by atoms with Crippen molar-refractivity contribution in [2.75, 3.05) is 20.3 Å². The second kappa shape index (κ2) is 9.56. The van der Waals surface area contributed by atoms with Gasteiger partial charge >= 0.3 is 11.6 Å². The van der Waals surface area contributed by atoms with E-state index in [1.807, 2.05) is 6.92 Å². The third-order valence-corrected chi connectivity index (χ3v) is 9.95. The molecule has 0 aromatic carbocycles. The van der Waals surface area contributed by atoms with Crippen LogP contribution in [0.5, 0.6) is 11.8 Å². The van der Waals surface area contributed by atoms with Crippen molar-refractivity contribution in [1.29, 1.82) is 0 Å². The van der Waals surface area contributed by atoms with Gasteiger partial charge < -0.3 is 13.9 Å². The first-order chi connectivity index (χ1) is 14.0. The fraction of sp³-hybridized carbons (Fsp3) is 0.600. The van der Waals surface area contributed by atoms with Gasteiger partial charge in [0.25, 0.3) is 0 Å². The average Bonchev–Trinajstić information content (AvgIpc) is 3.05. The lowest BCUT2D eigenvalue weighted by atomic mass is 10.2. The Labute approximate surface area is 178 Å². The summed E-state index contributed by atoms with van der Waals surface area (Å²) < 4.78 is 18.6. The molecule has 2 heterocycles. The summed E-state index contributed by atoms with van der Waals surface area (Å²) in [5.74, 6) is 0.328. The highest BCUT2D eigenvalue weighted by atomic mass is 28.4. The fourth-order valence-corrected chi connectivity index (χ4v) is 3.78. The number of nitrogens with zero attached hydrogens (tertiary/aromatic N) is 4. The SMILES string of the molecule is CCc1c([N+](=O)[O-])c(OCCCO[Si](C)(C)C(C)(C)C)nn1-c1cccnc1OC. The highest BCUT2D eigenvalue weighted by Gasteiger charge is 2.37. The fourth-order valence-electron chi connectivity index (χ4n) is 2.69. The molecule has 0 bridgehead atoms. The van der Waals surface area contributed by atoms with Gasteiger partial charge in [-0.15, -0.1) is 5.10 Å². The number of methoxy groups -OCH3 is 1. The van der Waals surface area contributed by atoms with Gasteiger partial charge in [0, 0.05) is 19.2 Å². The summed E-state index contributed by atoms with van der Waals surface area (Å²) in [7, 11) is -0.337. The number of hydrogen-bond donors (Lipinski definition) is 0. The molecule has 10 heteroatoms. The first-order valence-corrected chi connectivity index (χ1v) is 13.0. The molecule has 0 fully saturated rings. The Morgan fingerprint density at radius 2 is 1.93 bits per heavy atom. The summed E-state index contributed by atoms with van der Waals surface area (Å²) >= 11 is 0. The van der Waals surface area contributed by atoms with E-state index >= 15 is 0 Å². The highest BCUT2D eigenvalue weighted by molar-refractivity contribution is 6.74. The number of pyridine rings is 1. The van der Waals surface area contributed by atoms with Gasteiger partial charge in [-0.3, -0.25) is 10.1 Å². The third kappa shape index (κ3) is 5.17. The number of hydrogen-bond acceptors (Lipinski definition) is 7. The first-order valence-electron chi connectivity index (χ1n) is 10.1. The lowest BCUT2D eigenvalue weighted by Gasteiger charge is -2.36. The van der Waals surface area contributed by atoms with E-state index in [0.29, 0.717) is 36.7 Å². The Morgan fingerprint density at radius 1 is 1.23 bits per heavy atom. The van der Waals surface area contributed by atoms with Crippen molar-refractivity contribution >= 4 is 14.0 Å². The molecule has 0 aliphatic heterocycles. The Balaban J connectivity index is 2.19. The van der Waals surface area contributed by atoms with E-state index in [4.69, 9.17) is 13.9 Å². The van der Waals surface area contributed by atoms with Crippen molar-refractivity contribution in [1.82, 2.24) is 14.8 Å². The summed E-state index contributed by atoms with van der Waals surface area (Å²) in [5, 5.41) is 16.2. The molecule has 0 radical (unpaired) electrons. The van der Waals surface area contributed by atoms with E-state index in [0.717, 1.165) is 0 Å². The Hall–Kier alpha value is -2.46. The van der Waals surface area contributed by atoms with Gasteiger partial charge in [0.1, 0.15) is 11.4 Å². The zero-order chi connectivity index (χ0) is 22.5. The zero-order valence-electron chi connectivity index (χ0n) is 18.9. The van der Waals surface area contributed by atoms with Crippen molar-refractivity contribution in [3.8, 4) is 17.4 Å². The first kappa shape index (κ1) is 23.8. The van der Waals surface area contributed by atoms with Crippen LogP contribution in [0.2, 0.25) is 18.1 Å². The lowest BCUT2D eigenvalue weighted by molar-refractivity contribution is -0.386. The molecule has 0 aliphatic carbocycles. The van der Waals surface area contributed by atoms with E-state index in [-0.39, 0.29) is 23.2 Å². The normalized spacial score (nSPS) is 12.1. The smallest absolute Gasteiger partial charge is 0.353 e. The van der Waals surface area contributed by atoms with Crippen LogP contribution in [0.15, 0.2) is 18.3 Å². The van der Waals surface area contributed by atoms with Crippen LogP contribution >= 0.6 is 0 Å². The van der Waals surface area contributed by atoms with Crippen molar-refractivity contribution < 1.29 is 18.8 Å². The van der Waals surface area contributed by atoms with Gasteiger partial charge in [0.15, 0.2) is 8.32 Å². The minimum atomic E-state index is -1.83. The molecule has 0 spiro atoms. The molecule has 0 atom stereocenters. The van der Waals surface area contributed by atoms with Crippen LogP contribution in [0.25, 0.3) is 5.69 Å². The second-order valence-corrected chi connectivity index (χ2v) is 13.3. The summed E-state index contributed by atoms with van der Waals surface area (Å²) in [6.45, 7) is 13.6. The van der Waals surface area contributed by atoms with Gasteiger partial charge in [-0.25, -0.2) is 9.67 Å². The Bertz CT molecular complexity index is 877. The molecule has 0 unspecified atom stereocenters. The zero-order valence-corrected chi connectivity index (χ0v) is 19.9. The maximum Gasteiger partial charge on any atom is 0.353 e. The molecule has 0 saturated heterocycles. The molecule has 30 heavy (non-hydrogen) atoms. The van der Waals surface area contributed by atoms with Crippen LogP contribution in [0, 0.1) is 10.1 Å². The average molecular weight is 437 g/mol. The van der Waals surface area contributed by atoms with Gasteiger partial charge in [0.2, 0.25) is 5.88 Å². The van der Waals surface area contributed by atoms with Crippen LogP contribution in [-0.4, -0.2) is 48.3 Å². The number of aromatic nitrogens is 3. The van der Waals surface area contributed by atoms with Gasteiger partial charge in [-0.05, 0) is 36.7 Å². The molecule has 0 N–H and O–H groups in total. The largest absolute Gasteiger partial charge is 0.479 e. The standard InChI is InChI=1S/C20H32N4O5Si/c1-8-15-17(24(25)26)19(22-23(15)16-11-9-12-21-18(16)27-5)28-13-10-14-29-30(6,7)20(2,3)4/h9,11-12H,8,10,13-14H2,1-7H3. The minimum absolute atomic E-state index is 0.00455. The molecular weight excluding hydrogens is 404 g/mol. The topological polar surface area (TPSA) is 102 Å². The molecule has 9 nitrogen and oxygen atoms in total. The summed E-state index contributed by atoms with van der Waals surface area (Å²) in [6, 6.07) is 3.47. The molecule has 0 amide bonds. The van der Waals surface area contributed by atoms with E-state index in [9.17, 15) is 10.1 Å². The third-order valence-electron chi connectivity index (χ3n) is 5.41. The molecule has 2 aromatic rings. The second-order valence-electron chi connectivity index (χ2n) is 8.47. The Morgan fingerprint density at radius 3 is 2.50 bits per heavy atom. The molecule has 2 rings (SSSR count). The van der Waals surface area contributed by atoms with Crippen molar-refractivity contribution in [2.24, 2.45) is 0 Å². The van der Waals surface area contributed by atoms with Crippen molar-refractivity contribution in [3.05, 3.63) is 34.1 Å². The summed E-state index contributed by atoms with van der Waals surface area (Å²) in [4.78, 5) is 15.4. The number of ether oxygens (including phenoxy) is 2. The molecular formula is C20H32N4O5Si. The Kier molecular flexibility index (Phi) is 7.59. The van der Waals surface area contributed by atoms with E-state index in [2.05, 4.69) is 43.9 Å². The summed E-state index contributed by atoms with van der Waals surface area (Å²) in [5.41, 5.74) is 0.823. The predicted octanol–water partition coefficient (Wildman–Crippen LogP) is 4.54. The molecule has 0 aliphatic rings. The van der Waals surface area contributed by atoms with Crippen LogP contribution in [0.1, 0.15) is 39.8 Å². The lowest BCUT2D eigenvalue weighted by Crippen LogP contribution is -2.41. The van der Waals surface area contributed by atoms with Crippen LogP contribution in [-0.2, 0) is 10.8 Å². The summed E-state index contributed by atoms with van der Waals surface area (Å²) in [6.07, 6.45) is 2.61. The quantitative estimate of drug-likeness (QED) is 0.233. The van der Waals surface area contributed by atoms with E-state index < -0.39 is 13.2 Å².